The van der Waals surface area contributed by atoms with Crippen molar-refractivity contribution in [1.29, 1.82) is 0 Å². The van der Waals surface area contributed by atoms with Crippen LogP contribution in [0.15, 0.2) is 30.3 Å². The van der Waals surface area contributed by atoms with E-state index in [-0.39, 0.29) is 5.69 Å². The summed E-state index contributed by atoms with van der Waals surface area (Å²) in [6.07, 6.45) is 0. The minimum absolute atomic E-state index is 0.188. The van der Waals surface area contributed by atoms with Crippen LogP contribution in [0.25, 0.3) is 0 Å². The van der Waals surface area contributed by atoms with Gasteiger partial charge in [0.25, 0.3) is 0 Å². The van der Waals surface area contributed by atoms with E-state index in [1.54, 1.807) is 18.2 Å². The smallest absolute Gasteiger partial charge is 0.360 e. The molecule has 0 bridgehead atoms. The summed E-state index contributed by atoms with van der Waals surface area (Å²) in [6.45, 7) is 1.33. The van der Waals surface area contributed by atoms with Gasteiger partial charge in [-0.2, -0.15) is 8.42 Å². The van der Waals surface area contributed by atoms with Crippen molar-refractivity contribution in [2.24, 2.45) is 0 Å². The molecule has 0 aliphatic heterocycles. The second-order valence-corrected chi connectivity index (χ2v) is 4.60. The van der Waals surface area contributed by atoms with Gasteiger partial charge in [0.2, 0.25) is 0 Å². The molecule has 0 aliphatic rings. The molecule has 1 aromatic carbocycles. The number of carbonyl (C=O) groups excluding carboxylic acids is 1. The molecule has 1 N–H and O–H groups in total. The van der Waals surface area contributed by atoms with Crippen molar-refractivity contribution < 1.29 is 22.5 Å². The fourth-order valence-electron chi connectivity index (χ4n) is 1.40. The Morgan fingerprint density at radius 3 is 2.29 bits per heavy atom. The Kier molecular flexibility index (Phi) is 4.08. The van der Waals surface area contributed by atoms with Gasteiger partial charge in [-0.15, -0.1) is 0 Å². The van der Waals surface area contributed by atoms with Crippen LogP contribution in [0, 0.1) is 0 Å². The monoisotopic (exact) mass is 259 g/mol. The first-order valence-corrected chi connectivity index (χ1v) is 6.17. The molecule has 0 aromatic heterocycles. The van der Waals surface area contributed by atoms with Gasteiger partial charge in [-0.05, 0) is 19.1 Å². The lowest BCUT2D eigenvalue weighted by atomic mass is 10.2. The Morgan fingerprint density at radius 1 is 1.35 bits per heavy atom. The van der Waals surface area contributed by atoms with Crippen LogP contribution in [0.2, 0.25) is 0 Å². The first kappa shape index (κ1) is 13.5. The van der Waals surface area contributed by atoms with Gasteiger partial charge < -0.3 is 4.74 Å². The summed E-state index contributed by atoms with van der Waals surface area (Å²) in [4.78, 5) is 11.3. The molecule has 0 saturated carbocycles. The van der Waals surface area contributed by atoms with Gasteiger partial charge in [0.1, 0.15) is 6.04 Å². The molecular formula is C10H13NO5S. The van der Waals surface area contributed by atoms with Gasteiger partial charge >= 0.3 is 16.3 Å². The Balaban J connectivity index is 3.20. The molecule has 7 heteroatoms. The Labute approximate surface area is 99.7 Å². The number of esters is 1. The number of para-hydroxylation sites is 1. The predicted molar refractivity (Wildman–Crippen MR) is 61.9 cm³/mol. The van der Waals surface area contributed by atoms with Crippen molar-refractivity contribution in [2.45, 2.75) is 13.0 Å². The molecular weight excluding hydrogens is 246 g/mol. The molecule has 1 atom stereocenters. The normalized spacial score (nSPS) is 12.9. The number of hydrogen-bond acceptors (Lipinski definition) is 4. The third-order valence-corrected chi connectivity index (χ3v) is 3.18. The van der Waals surface area contributed by atoms with E-state index in [1.807, 2.05) is 0 Å². The zero-order valence-corrected chi connectivity index (χ0v) is 10.2. The zero-order valence-electron chi connectivity index (χ0n) is 9.40. The number of hydrogen-bond donors (Lipinski definition) is 1. The predicted octanol–water partition coefficient (Wildman–Crippen LogP) is 0.857. The summed E-state index contributed by atoms with van der Waals surface area (Å²) in [5, 5.41) is 0. The number of nitrogens with zero attached hydrogens (tertiary/aromatic N) is 1. The minimum atomic E-state index is -4.54. The largest absolute Gasteiger partial charge is 0.467 e. The van der Waals surface area contributed by atoms with Crippen molar-refractivity contribution in [1.82, 2.24) is 0 Å². The molecule has 1 rings (SSSR count). The quantitative estimate of drug-likeness (QED) is 0.640. The van der Waals surface area contributed by atoms with Crippen LogP contribution in [0.4, 0.5) is 5.69 Å². The maximum absolute atomic E-state index is 11.3. The van der Waals surface area contributed by atoms with Crippen LogP contribution >= 0.6 is 0 Å². The van der Waals surface area contributed by atoms with Crippen molar-refractivity contribution in [3.8, 4) is 0 Å². The Bertz CT molecular complexity index is 485. The number of rotatable bonds is 4. The third kappa shape index (κ3) is 3.18. The van der Waals surface area contributed by atoms with Crippen LogP contribution in [-0.2, 0) is 19.8 Å². The molecule has 1 unspecified atom stereocenters. The van der Waals surface area contributed by atoms with E-state index in [0.29, 0.717) is 4.31 Å². The van der Waals surface area contributed by atoms with Gasteiger partial charge in [-0.3, -0.25) is 4.55 Å². The average Bonchev–Trinajstić information content (AvgIpc) is 2.27. The van der Waals surface area contributed by atoms with Crippen molar-refractivity contribution in [3.05, 3.63) is 30.3 Å². The SMILES string of the molecule is COC(=O)C(C)N(c1ccccc1)S(=O)(=O)O. The third-order valence-electron chi connectivity index (χ3n) is 2.15. The van der Waals surface area contributed by atoms with Gasteiger partial charge in [0.05, 0.1) is 12.8 Å². The molecule has 0 heterocycles. The molecule has 0 spiro atoms. The van der Waals surface area contributed by atoms with E-state index in [0.717, 1.165) is 7.11 Å². The molecule has 0 fully saturated rings. The highest BCUT2D eigenvalue weighted by Gasteiger charge is 2.31. The fourth-order valence-corrected chi connectivity index (χ4v) is 2.27. The molecule has 94 valence electrons. The van der Waals surface area contributed by atoms with Gasteiger partial charge in [-0.1, -0.05) is 18.2 Å². The number of ether oxygens (including phenoxy) is 1. The van der Waals surface area contributed by atoms with Gasteiger partial charge in [-0.25, -0.2) is 9.10 Å². The van der Waals surface area contributed by atoms with Crippen molar-refractivity contribution in [2.75, 3.05) is 11.4 Å². The first-order valence-electron chi connectivity index (χ1n) is 4.77. The highest BCUT2D eigenvalue weighted by molar-refractivity contribution is 7.87. The van der Waals surface area contributed by atoms with E-state index in [2.05, 4.69) is 4.74 Å². The van der Waals surface area contributed by atoms with E-state index >= 15 is 0 Å². The maximum atomic E-state index is 11.3. The molecule has 0 saturated heterocycles. The zero-order chi connectivity index (χ0) is 13.1. The number of benzene rings is 1. The molecule has 1 aromatic rings. The molecule has 0 aliphatic carbocycles. The lowest BCUT2D eigenvalue weighted by Gasteiger charge is -2.25. The van der Waals surface area contributed by atoms with E-state index < -0.39 is 22.3 Å². The topological polar surface area (TPSA) is 83.9 Å². The summed E-state index contributed by atoms with van der Waals surface area (Å²) in [5.41, 5.74) is 0.188. The number of carbonyl (C=O) groups is 1. The first-order chi connectivity index (χ1) is 7.88. The standard InChI is InChI=1S/C10H13NO5S/c1-8(10(12)16-2)11(17(13,14)15)9-6-4-3-5-7-9/h3-8H,1-2H3,(H,13,14,15). The highest BCUT2D eigenvalue weighted by Crippen LogP contribution is 2.20. The van der Waals surface area contributed by atoms with E-state index in [9.17, 15) is 13.2 Å². The maximum Gasteiger partial charge on any atom is 0.360 e. The van der Waals surface area contributed by atoms with Crippen molar-refractivity contribution in [3.63, 3.8) is 0 Å². The van der Waals surface area contributed by atoms with E-state index in [1.165, 1.54) is 19.1 Å². The van der Waals surface area contributed by atoms with E-state index in [4.69, 9.17) is 4.55 Å². The summed E-state index contributed by atoms with van der Waals surface area (Å²) in [7, 11) is -3.39. The molecule has 6 nitrogen and oxygen atoms in total. The molecule has 17 heavy (non-hydrogen) atoms. The van der Waals surface area contributed by atoms with Crippen LogP contribution < -0.4 is 4.31 Å². The Hall–Kier alpha value is -1.60. The minimum Gasteiger partial charge on any atom is -0.467 e. The molecule has 0 amide bonds. The van der Waals surface area contributed by atoms with Crippen LogP contribution in [0.1, 0.15) is 6.92 Å². The van der Waals surface area contributed by atoms with Crippen LogP contribution in [0.3, 0.4) is 0 Å². The molecule has 0 radical (unpaired) electrons. The van der Waals surface area contributed by atoms with Gasteiger partial charge in [0.15, 0.2) is 0 Å². The lowest BCUT2D eigenvalue weighted by molar-refractivity contribution is -0.141. The van der Waals surface area contributed by atoms with Crippen LogP contribution in [0.5, 0.6) is 0 Å². The summed E-state index contributed by atoms with van der Waals surface area (Å²) < 4.78 is 36.7. The lowest BCUT2D eigenvalue weighted by Crippen LogP contribution is -2.43. The average molecular weight is 259 g/mol. The van der Waals surface area contributed by atoms with Gasteiger partial charge in [0, 0.05) is 0 Å². The number of anilines is 1. The van der Waals surface area contributed by atoms with Crippen molar-refractivity contribution >= 4 is 22.0 Å². The summed E-state index contributed by atoms with van der Waals surface area (Å²) >= 11 is 0. The summed E-state index contributed by atoms with van der Waals surface area (Å²) in [5.74, 6) is -0.758. The summed E-state index contributed by atoms with van der Waals surface area (Å²) in [6, 6.07) is 6.67. The van der Waals surface area contributed by atoms with Crippen LogP contribution in [-0.4, -0.2) is 32.1 Å². The fraction of sp³-hybridized carbons (Fsp3) is 0.300. The number of methoxy groups -OCH3 is 1. The second kappa shape index (κ2) is 5.15. The Morgan fingerprint density at radius 2 is 1.88 bits per heavy atom. The second-order valence-electron chi connectivity index (χ2n) is 3.31. The highest BCUT2D eigenvalue weighted by atomic mass is 32.2.